The number of nitrogen functional groups attached to an aromatic ring is 1. The zero-order valence-corrected chi connectivity index (χ0v) is 13.1. The Labute approximate surface area is 118 Å². The standard InChI is InChI=1S/C13H23N3O2S/c1-6-18-12(17)11-9(14)7-10(19-11)15-8-13(2,3)16(4)5/h7,15H,6,8,14H2,1-5H3. The smallest absolute Gasteiger partial charge is 0.350 e. The van der Waals surface area contributed by atoms with E-state index in [-0.39, 0.29) is 11.5 Å². The fourth-order valence-electron chi connectivity index (χ4n) is 1.31. The first-order chi connectivity index (χ1) is 8.77. The predicted octanol–water partition coefficient (Wildman–Crippen LogP) is 2.26. The summed E-state index contributed by atoms with van der Waals surface area (Å²) in [6, 6.07) is 1.78. The third kappa shape index (κ3) is 4.11. The van der Waals surface area contributed by atoms with E-state index in [0.29, 0.717) is 17.2 Å². The highest BCUT2D eigenvalue weighted by atomic mass is 32.1. The van der Waals surface area contributed by atoms with Crippen LogP contribution in [-0.4, -0.2) is 43.7 Å². The van der Waals surface area contributed by atoms with Crippen LogP contribution in [0, 0.1) is 0 Å². The zero-order valence-electron chi connectivity index (χ0n) is 12.2. The lowest BCUT2D eigenvalue weighted by Crippen LogP contribution is -2.44. The second-order valence-corrected chi connectivity index (χ2v) is 6.23. The number of nitrogens with one attached hydrogen (secondary N) is 1. The van der Waals surface area contributed by atoms with Crippen molar-refractivity contribution < 1.29 is 9.53 Å². The van der Waals surface area contributed by atoms with Crippen LogP contribution in [-0.2, 0) is 4.74 Å². The minimum absolute atomic E-state index is 0.0167. The molecule has 0 spiro atoms. The maximum atomic E-state index is 11.7. The number of nitrogens with zero attached hydrogens (tertiary/aromatic N) is 1. The largest absolute Gasteiger partial charge is 0.462 e. The first kappa shape index (κ1) is 15.8. The van der Waals surface area contributed by atoms with Gasteiger partial charge >= 0.3 is 5.97 Å². The maximum Gasteiger partial charge on any atom is 0.350 e. The molecule has 3 N–H and O–H groups in total. The zero-order chi connectivity index (χ0) is 14.6. The van der Waals surface area contributed by atoms with Gasteiger partial charge in [-0.1, -0.05) is 0 Å². The van der Waals surface area contributed by atoms with Crippen molar-refractivity contribution >= 4 is 28.0 Å². The topological polar surface area (TPSA) is 67.6 Å². The quantitative estimate of drug-likeness (QED) is 0.785. The molecule has 1 heterocycles. The minimum atomic E-state index is -0.357. The van der Waals surface area contributed by atoms with Gasteiger partial charge in [0.25, 0.3) is 0 Å². The normalized spacial score (nSPS) is 11.7. The molecule has 108 valence electrons. The van der Waals surface area contributed by atoms with Crippen molar-refractivity contribution in [2.45, 2.75) is 26.3 Å². The van der Waals surface area contributed by atoms with Crippen LogP contribution in [0.15, 0.2) is 6.07 Å². The number of hydrogen-bond donors (Lipinski definition) is 2. The monoisotopic (exact) mass is 285 g/mol. The third-order valence-corrected chi connectivity index (χ3v) is 4.22. The van der Waals surface area contributed by atoms with Crippen LogP contribution in [0.4, 0.5) is 10.7 Å². The van der Waals surface area contributed by atoms with Crippen LogP contribution >= 0.6 is 11.3 Å². The van der Waals surface area contributed by atoms with E-state index >= 15 is 0 Å². The van der Waals surface area contributed by atoms with Crippen LogP contribution in [0.2, 0.25) is 0 Å². The lowest BCUT2D eigenvalue weighted by molar-refractivity contribution is 0.0533. The second kappa shape index (κ2) is 6.25. The number of carbonyl (C=O) groups is 1. The van der Waals surface area contributed by atoms with Gasteiger partial charge in [0.15, 0.2) is 0 Å². The minimum Gasteiger partial charge on any atom is -0.462 e. The average molecular weight is 285 g/mol. The molecule has 0 amide bonds. The number of hydrogen-bond acceptors (Lipinski definition) is 6. The van der Waals surface area contributed by atoms with E-state index in [9.17, 15) is 4.79 Å². The van der Waals surface area contributed by atoms with Gasteiger partial charge in [0.2, 0.25) is 0 Å². The molecule has 0 atom stereocenters. The van der Waals surface area contributed by atoms with Gasteiger partial charge in [-0.25, -0.2) is 4.79 Å². The van der Waals surface area contributed by atoms with Gasteiger partial charge in [-0.3, -0.25) is 0 Å². The molecule has 19 heavy (non-hydrogen) atoms. The maximum absolute atomic E-state index is 11.7. The molecule has 0 aromatic carbocycles. The molecule has 0 bridgehead atoms. The Morgan fingerprint density at radius 3 is 2.68 bits per heavy atom. The molecule has 0 aliphatic heterocycles. The van der Waals surface area contributed by atoms with Crippen molar-refractivity contribution in [3.05, 3.63) is 10.9 Å². The molecule has 0 aliphatic rings. The van der Waals surface area contributed by atoms with Crippen molar-refractivity contribution in [3.8, 4) is 0 Å². The summed E-state index contributed by atoms with van der Waals surface area (Å²) in [5.41, 5.74) is 6.31. The van der Waals surface area contributed by atoms with Gasteiger partial charge in [-0.2, -0.15) is 0 Å². The number of likely N-dealkylation sites (N-methyl/N-ethyl adjacent to an activating group) is 1. The van der Waals surface area contributed by atoms with E-state index in [1.807, 2.05) is 14.1 Å². The number of thiophene rings is 1. The predicted molar refractivity (Wildman–Crippen MR) is 80.9 cm³/mol. The first-order valence-corrected chi connectivity index (χ1v) is 7.07. The summed E-state index contributed by atoms with van der Waals surface area (Å²) in [5.74, 6) is -0.357. The Bertz CT molecular complexity index is 441. The van der Waals surface area contributed by atoms with Gasteiger partial charge < -0.3 is 20.7 Å². The highest BCUT2D eigenvalue weighted by molar-refractivity contribution is 7.18. The fraction of sp³-hybridized carbons (Fsp3) is 0.615. The van der Waals surface area contributed by atoms with Crippen molar-refractivity contribution in [1.82, 2.24) is 4.90 Å². The van der Waals surface area contributed by atoms with Gasteiger partial charge in [-0.05, 0) is 40.9 Å². The number of carbonyl (C=O) groups excluding carboxylic acids is 1. The van der Waals surface area contributed by atoms with Crippen molar-refractivity contribution in [1.29, 1.82) is 0 Å². The molecular formula is C13H23N3O2S. The first-order valence-electron chi connectivity index (χ1n) is 6.25. The van der Waals surface area contributed by atoms with Gasteiger partial charge in [0.05, 0.1) is 17.3 Å². The highest BCUT2D eigenvalue weighted by Crippen LogP contribution is 2.30. The van der Waals surface area contributed by atoms with Crippen LogP contribution < -0.4 is 11.1 Å². The number of rotatable bonds is 6. The molecule has 6 heteroatoms. The number of ether oxygens (including phenoxy) is 1. The molecule has 1 aromatic rings. The molecule has 1 aromatic heterocycles. The van der Waals surface area contributed by atoms with Crippen molar-refractivity contribution in [2.24, 2.45) is 0 Å². The Balaban J connectivity index is 2.72. The van der Waals surface area contributed by atoms with Crippen LogP contribution in [0.3, 0.4) is 0 Å². The summed E-state index contributed by atoms with van der Waals surface area (Å²) in [6.07, 6.45) is 0. The lowest BCUT2D eigenvalue weighted by atomic mass is 10.0. The highest BCUT2D eigenvalue weighted by Gasteiger charge is 2.21. The van der Waals surface area contributed by atoms with E-state index < -0.39 is 0 Å². The average Bonchev–Trinajstić information content (AvgIpc) is 2.68. The van der Waals surface area contributed by atoms with E-state index in [0.717, 1.165) is 11.5 Å². The molecular weight excluding hydrogens is 262 g/mol. The number of anilines is 2. The van der Waals surface area contributed by atoms with Crippen LogP contribution in [0.25, 0.3) is 0 Å². The van der Waals surface area contributed by atoms with Gasteiger partial charge in [-0.15, -0.1) is 11.3 Å². The molecule has 1 rings (SSSR count). The molecule has 0 saturated carbocycles. The summed E-state index contributed by atoms with van der Waals surface area (Å²) in [6.45, 7) is 7.18. The molecule has 0 aliphatic carbocycles. The SMILES string of the molecule is CCOC(=O)c1sc(NCC(C)(C)N(C)C)cc1N. The summed E-state index contributed by atoms with van der Waals surface area (Å²) in [7, 11) is 4.07. The van der Waals surface area contributed by atoms with E-state index in [1.54, 1.807) is 13.0 Å². The second-order valence-electron chi connectivity index (χ2n) is 5.18. The van der Waals surface area contributed by atoms with E-state index in [4.69, 9.17) is 10.5 Å². The summed E-state index contributed by atoms with van der Waals surface area (Å²) >= 11 is 1.33. The summed E-state index contributed by atoms with van der Waals surface area (Å²) < 4.78 is 4.96. The van der Waals surface area contributed by atoms with E-state index in [1.165, 1.54) is 11.3 Å². The Hall–Kier alpha value is -1.27. The molecule has 0 saturated heterocycles. The Kier molecular flexibility index (Phi) is 5.20. The Morgan fingerprint density at radius 2 is 2.16 bits per heavy atom. The van der Waals surface area contributed by atoms with Gasteiger partial charge in [0, 0.05) is 12.1 Å². The van der Waals surface area contributed by atoms with E-state index in [2.05, 4.69) is 24.1 Å². The van der Waals surface area contributed by atoms with Crippen LogP contribution in [0.1, 0.15) is 30.4 Å². The molecule has 0 unspecified atom stereocenters. The summed E-state index contributed by atoms with van der Waals surface area (Å²) in [4.78, 5) is 14.3. The number of nitrogens with two attached hydrogens (primary N) is 1. The van der Waals surface area contributed by atoms with Gasteiger partial charge in [0.1, 0.15) is 4.88 Å². The fourth-order valence-corrected chi connectivity index (χ4v) is 2.18. The lowest BCUT2D eigenvalue weighted by Gasteiger charge is -2.32. The number of esters is 1. The van der Waals surface area contributed by atoms with Crippen molar-refractivity contribution in [2.75, 3.05) is 38.3 Å². The summed E-state index contributed by atoms with van der Waals surface area (Å²) in [5, 5.41) is 4.20. The Morgan fingerprint density at radius 1 is 1.53 bits per heavy atom. The van der Waals surface area contributed by atoms with Crippen molar-refractivity contribution in [3.63, 3.8) is 0 Å². The van der Waals surface area contributed by atoms with Crippen LogP contribution in [0.5, 0.6) is 0 Å². The molecule has 0 radical (unpaired) electrons. The molecule has 5 nitrogen and oxygen atoms in total. The molecule has 0 fully saturated rings. The third-order valence-electron chi connectivity index (χ3n) is 3.13.